The number of nitrogens with zero attached hydrogens (tertiary/aromatic N) is 2. The number of fused-ring (bicyclic) bond motifs is 3. The Bertz CT molecular complexity index is 520. The second kappa shape index (κ2) is 4.48. The van der Waals surface area contributed by atoms with Gasteiger partial charge in [0.25, 0.3) is 0 Å². The molecule has 4 nitrogen and oxygen atoms in total. The normalized spacial score (nSPS) is 23.0. The lowest BCUT2D eigenvalue weighted by molar-refractivity contribution is -0.114. The molecular formula is C13H17N3OS. The number of likely N-dealkylation sites (N-methyl/N-ethyl adjacent to an activating group) is 1. The summed E-state index contributed by atoms with van der Waals surface area (Å²) < 4.78 is 0. The first-order chi connectivity index (χ1) is 8.65. The molecule has 1 aliphatic heterocycles. The van der Waals surface area contributed by atoms with Crippen LogP contribution < -0.4 is 5.32 Å². The fraction of sp³-hybridized carbons (Fsp3) is 0.538. The van der Waals surface area contributed by atoms with Crippen LogP contribution in [0.5, 0.6) is 0 Å². The molecule has 0 aromatic carbocycles. The van der Waals surface area contributed by atoms with Crippen molar-refractivity contribution in [2.75, 3.05) is 18.9 Å². The highest BCUT2D eigenvalue weighted by Gasteiger charge is 2.31. The van der Waals surface area contributed by atoms with Crippen LogP contribution in [-0.4, -0.2) is 35.4 Å². The first-order valence-corrected chi connectivity index (χ1v) is 7.15. The third kappa shape index (κ3) is 1.97. The fourth-order valence-electron chi connectivity index (χ4n) is 2.80. The number of aromatic nitrogens is 1. The second-order valence-electron chi connectivity index (χ2n) is 4.96. The Morgan fingerprint density at radius 2 is 2.44 bits per heavy atom. The number of amides is 1. The summed E-state index contributed by atoms with van der Waals surface area (Å²) in [5.41, 5.74) is 2.48. The zero-order chi connectivity index (χ0) is 12.7. The summed E-state index contributed by atoms with van der Waals surface area (Å²) in [6.45, 7) is 2.66. The van der Waals surface area contributed by atoms with E-state index in [0.29, 0.717) is 6.04 Å². The van der Waals surface area contributed by atoms with Crippen molar-refractivity contribution in [3.05, 3.63) is 16.6 Å². The number of nitrogens with one attached hydrogen (secondary N) is 1. The zero-order valence-corrected chi connectivity index (χ0v) is 11.5. The molecule has 0 saturated heterocycles. The topological polar surface area (TPSA) is 45.2 Å². The molecule has 0 fully saturated rings. The van der Waals surface area contributed by atoms with Crippen LogP contribution in [0.1, 0.15) is 30.3 Å². The summed E-state index contributed by atoms with van der Waals surface area (Å²) in [7, 11) is 2.18. The molecule has 0 radical (unpaired) electrons. The number of anilines is 1. The van der Waals surface area contributed by atoms with Gasteiger partial charge in [0, 0.05) is 24.4 Å². The van der Waals surface area contributed by atoms with Crippen LogP contribution in [0.15, 0.2) is 6.08 Å². The van der Waals surface area contributed by atoms with Crippen LogP contribution in [0, 0.1) is 0 Å². The maximum absolute atomic E-state index is 11.1. The molecule has 0 bridgehead atoms. The van der Waals surface area contributed by atoms with E-state index in [0.717, 1.165) is 36.6 Å². The average molecular weight is 263 g/mol. The van der Waals surface area contributed by atoms with E-state index in [1.807, 2.05) is 0 Å². The number of carbonyl (C=O) groups excluding carboxylic acids is 1. The minimum Gasteiger partial charge on any atom is -0.302 e. The Hall–Kier alpha value is -1.20. The van der Waals surface area contributed by atoms with Gasteiger partial charge in [-0.15, -0.1) is 11.3 Å². The Labute approximate surface area is 111 Å². The summed E-state index contributed by atoms with van der Waals surface area (Å²) in [5, 5.41) is 3.53. The van der Waals surface area contributed by atoms with Crippen molar-refractivity contribution in [1.29, 1.82) is 0 Å². The molecule has 1 aromatic rings. The first kappa shape index (κ1) is 11.9. The van der Waals surface area contributed by atoms with Crippen LogP contribution in [-0.2, 0) is 11.2 Å². The summed E-state index contributed by atoms with van der Waals surface area (Å²) in [6, 6.07) is 0.513. The highest BCUT2D eigenvalue weighted by Crippen LogP contribution is 2.39. The molecule has 2 aliphatic rings. The van der Waals surface area contributed by atoms with Gasteiger partial charge in [-0.1, -0.05) is 6.08 Å². The van der Waals surface area contributed by atoms with Gasteiger partial charge in [0.1, 0.15) is 0 Å². The van der Waals surface area contributed by atoms with Gasteiger partial charge in [-0.25, -0.2) is 4.98 Å². The van der Waals surface area contributed by atoms with Crippen LogP contribution in [0.2, 0.25) is 0 Å². The number of rotatable bonds is 1. The lowest BCUT2D eigenvalue weighted by Crippen LogP contribution is -2.38. The highest BCUT2D eigenvalue weighted by molar-refractivity contribution is 7.16. The Morgan fingerprint density at radius 3 is 3.22 bits per heavy atom. The molecule has 5 heteroatoms. The van der Waals surface area contributed by atoms with Gasteiger partial charge in [-0.2, -0.15) is 0 Å². The van der Waals surface area contributed by atoms with E-state index >= 15 is 0 Å². The van der Waals surface area contributed by atoms with Crippen LogP contribution in [0.3, 0.4) is 0 Å². The largest absolute Gasteiger partial charge is 0.302 e. The summed E-state index contributed by atoms with van der Waals surface area (Å²) in [4.78, 5) is 19.4. The number of carbonyl (C=O) groups is 1. The third-order valence-electron chi connectivity index (χ3n) is 3.64. The monoisotopic (exact) mass is 263 g/mol. The van der Waals surface area contributed by atoms with Crippen molar-refractivity contribution in [1.82, 2.24) is 9.88 Å². The molecule has 0 spiro atoms. The predicted molar refractivity (Wildman–Crippen MR) is 73.8 cm³/mol. The Kier molecular flexibility index (Phi) is 2.95. The van der Waals surface area contributed by atoms with Gasteiger partial charge < -0.3 is 5.32 Å². The summed E-state index contributed by atoms with van der Waals surface area (Å²) >= 11 is 1.62. The van der Waals surface area contributed by atoms with Crippen molar-refractivity contribution in [3.63, 3.8) is 0 Å². The molecule has 18 heavy (non-hydrogen) atoms. The molecule has 1 unspecified atom stereocenters. The number of hydrogen-bond acceptors (Lipinski definition) is 4. The van der Waals surface area contributed by atoms with Gasteiger partial charge in [-0.3, -0.25) is 9.69 Å². The second-order valence-corrected chi connectivity index (χ2v) is 6.04. The van der Waals surface area contributed by atoms with Gasteiger partial charge in [0.2, 0.25) is 5.91 Å². The van der Waals surface area contributed by atoms with E-state index in [1.54, 1.807) is 11.3 Å². The first-order valence-electron chi connectivity index (χ1n) is 6.33. The number of thiazole rings is 1. The average Bonchev–Trinajstić information content (AvgIpc) is 2.71. The Balaban J connectivity index is 1.96. The van der Waals surface area contributed by atoms with E-state index in [9.17, 15) is 4.79 Å². The van der Waals surface area contributed by atoms with Crippen LogP contribution in [0.4, 0.5) is 5.13 Å². The smallest absolute Gasteiger partial charge is 0.223 e. The number of hydrogen-bond donors (Lipinski definition) is 1. The quantitative estimate of drug-likeness (QED) is 0.844. The standard InChI is InChI=1S/C13H17N3OS/c1-8(17)14-13-15-12-9-4-3-7-16(2)10(9)5-6-11(12)18-13/h4,10H,3,5-7H2,1-2H3,(H,14,15,17). The molecule has 1 aliphatic carbocycles. The minimum absolute atomic E-state index is 0.0487. The van der Waals surface area contributed by atoms with Crippen LogP contribution in [0.25, 0.3) is 5.57 Å². The van der Waals surface area contributed by atoms with Gasteiger partial charge in [0.05, 0.1) is 5.69 Å². The van der Waals surface area contributed by atoms with E-state index in [1.165, 1.54) is 17.4 Å². The maximum Gasteiger partial charge on any atom is 0.223 e. The lowest BCUT2D eigenvalue weighted by Gasteiger charge is -2.35. The molecule has 1 N–H and O–H groups in total. The van der Waals surface area contributed by atoms with Crippen molar-refractivity contribution in [2.24, 2.45) is 0 Å². The van der Waals surface area contributed by atoms with E-state index in [2.05, 4.69) is 28.3 Å². The molecule has 1 amide bonds. The molecular weight excluding hydrogens is 246 g/mol. The van der Waals surface area contributed by atoms with E-state index in [-0.39, 0.29) is 5.91 Å². The lowest BCUT2D eigenvalue weighted by atomic mass is 9.88. The minimum atomic E-state index is -0.0487. The number of aryl methyl sites for hydroxylation is 1. The molecule has 1 atom stereocenters. The summed E-state index contributed by atoms with van der Waals surface area (Å²) in [6.07, 6.45) is 5.64. The maximum atomic E-state index is 11.1. The van der Waals surface area contributed by atoms with Gasteiger partial charge in [-0.05, 0) is 31.9 Å². The fourth-order valence-corrected chi connectivity index (χ4v) is 3.85. The van der Waals surface area contributed by atoms with Crippen molar-refractivity contribution in [3.8, 4) is 0 Å². The highest BCUT2D eigenvalue weighted by atomic mass is 32.1. The van der Waals surface area contributed by atoms with Gasteiger partial charge in [0.15, 0.2) is 5.13 Å². The van der Waals surface area contributed by atoms with Gasteiger partial charge >= 0.3 is 0 Å². The van der Waals surface area contributed by atoms with E-state index in [4.69, 9.17) is 0 Å². The molecule has 0 saturated carbocycles. The zero-order valence-electron chi connectivity index (χ0n) is 10.7. The Morgan fingerprint density at radius 1 is 1.61 bits per heavy atom. The predicted octanol–water partition coefficient (Wildman–Crippen LogP) is 2.14. The molecule has 2 heterocycles. The summed E-state index contributed by atoms with van der Waals surface area (Å²) in [5.74, 6) is -0.0487. The van der Waals surface area contributed by atoms with Crippen LogP contribution >= 0.6 is 11.3 Å². The third-order valence-corrected chi connectivity index (χ3v) is 4.67. The SMILES string of the molecule is CC(=O)Nc1nc2c(s1)CCC1C2=CCCN1C. The molecule has 96 valence electrons. The van der Waals surface area contributed by atoms with E-state index < -0.39 is 0 Å². The van der Waals surface area contributed by atoms with Crippen molar-refractivity contribution >= 4 is 27.9 Å². The van der Waals surface area contributed by atoms with Crippen molar-refractivity contribution in [2.45, 2.75) is 32.2 Å². The molecule has 3 rings (SSSR count). The molecule has 1 aromatic heterocycles. The van der Waals surface area contributed by atoms with Crippen molar-refractivity contribution < 1.29 is 4.79 Å².